The lowest BCUT2D eigenvalue weighted by Gasteiger charge is -2.32. The van der Waals surface area contributed by atoms with Gasteiger partial charge in [0.25, 0.3) is 5.91 Å². The molecule has 8 nitrogen and oxygen atoms in total. The molecule has 5 rings (SSSR count). The van der Waals surface area contributed by atoms with E-state index in [1.165, 1.54) is 17.6 Å². The van der Waals surface area contributed by atoms with Crippen molar-refractivity contribution in [3.8, 4) is 0 Å². The van der Waals surface area contributed by atoms with Crippen molar-refractivity contribution in [3.05, 3.63) is 78.8 Å². The Kier molecular flexibility index (Phi) is 6.38. The Labute approximate surface area is 197 Å². The zero-order valence-corrected chi connectivity index (χ0v) is 18.8. The molecule has 2 amide bonds. The largest absolute Gasteiger partial charge is 0.467 e. The minimum absolute atomic E-state index is 0.0661. The average Bonchev–Trinajstić information content (AvgIpc) is 3.54. The van der Waals surface area contributed by atoms with Crippen LogP contribution < -0.4 is 10.2 Å². The Morgan fingerprint density at radius 1 is 1.00 bits per heavy atom. The van der Waals surface area contributed by atoms with Crippen molar-refractivity contribution < 1.29 is 14.0 Å². The zero-order valence-electron chi connectivity index (χ0n) is 18.8. The highest BCUT2D eigenvalue weighted by Gasteiger charge is 2.36. The fourth-order valence-electron chi connectivity index (χ4n) is 4.61. The first kappa shape index (κ1) is 21.9. The lowest BCUT2D eigenvalue weighted by molar-refractivity contribution is -0.128. The van der Waals surface area contributed by atoms with Gasteiger partial charge in [0.2, 0.25) is 5.91 Å². The highest BCUT2D eigenvalue weighted by molar-refractivity contribution is 6.01. The van der Waals surface area contributed by atoms with Crippen molar-refractivity contribution in [2.45, 2.75) is 50.7 Å². The summed E-state index contributed by atoms with van der Waals surface area (Å²) in [5.41, 5.74) is 2.07. The molecule has 1 aliphatic carbocycles. The molecule has 2 aromatic heterocycles. The molecular weight excluding hydrogens is 430 g/mol. The summed E-state index contributed by atoms with van der Waals surface area (Å²) in [6.07, 6.45) is 6.79. The van der Waals surface area contributed by atoms with Crippen molar-refractivity contribution in [1.82, 2.24) is 20.3 Å². The van der Waals surface area contributed by atoms with Crippen LogP contribution in [0.1, 0.15) is 43.9 Å². The fourth-order valence-corrected chi connectivity index (χ4v) is 4.61. The number of para-hydroxylation sites is 2. The first-order valence-electron chi connectivity index (χ1n) is 11.7. The van der Waals surface area contributed by atoms with Gasteiger partial charge in [0.1, 0.15) is 17.8 Å². The number of anilines is 1. The number of fused-ring (bicyclic) bond motifs is 1. The van der Waals surface area contributed by atoms with Crippen molar-refractivity contribution in [2.24, 2.45) is 0 Å². The maximum atomic E-state index is 13.8. The van der Waals surface area contributed by atoms with Crippen LogP contribution in [0.5, 0.6) is 0 Å². The van der Waals surface area contributed by atoms with Gasteiger partial charge in [0, 0.05) is 11.7 Å². The second-order valence-corrected chi connectivity index (χ2v) is 8.60. The molecule has 34 heavy (non-hydrogen) atoms. The highest BCUT2D eigenvalue weighted by Crippen LogP contribution is 2.30. The van der Waals surface area contributed by atoms with E-state index in [2.05, 4.69) is 15.6 Å². The number of carbonyl (C=O) groups is 2. The van der Waals surface area contributed by atoms with Gasteiger partial charge in [0.15, 0.2) is 6.04 Å². The number of aromatic nitrogens is 3. The molecule has 174 valence electrons. The lowest BCUT2D eigenvalue weighted by Crippen LogP contribution is -2.48. The third-order valence-electron chi connectivity index (χ3n) is 6.28. The Hall–Kier alpha value is -3.94. The number of hydrogen-bond donors (Lipinski definition) is 1. The zero-order chi connectivity index (χ0) is 23.3. The summed E-state index contributed by atoms with van der Waals surface area (Å²) in [6.45, 7) is -0.0661. The Balaban J connectivity index is 1.50. The summed E-state index contributed by atoms with van der Waals surface area (Å²) < 4.78 is 7.24. The van der Waals surface area contributed by atoms with Gasteiger partial charge in [-0.3, -0.25) is 14.5 Å². The van der Waals surface area contributed by atoms with Gasteiger partial charge in [-0.05, 0) is 49.2 Å². The number of rotatable bonds is 7. The van der Waals surface area contributed by atoms with Crippen molar-refractivity contribution in [1.29, 1.82) is 0 Å². The van der Waals surface area contributed by atoms with E-state index < -0.39 is 6.04 Å². The first-order chi connectivity index (χ1) is 16.7. The molecule has 1 saturated carbocycles. The van der Waals surface area contributed by atoms with Crippen LogP contribution in [-0.4, -0.2) is 32.9 Å². The summed E-state index contributed by atoms with van der Waals surface area (Å²) in [5.74, 6) is -0.126. The minimum Gasteiger partial charge on any atom is -0.467 e. The molecule has 0 spiro atoms. The van der Waals surface area contributed by atoms with Crippen LogP contribution in [0, 0.1) is 0 Å². The normalized spacial score (nSPS) is 15.2. The summed E-state index contributed by atoms with van der Waals surface area (Å²) in [6, 6.07) is 19.3. The van der Waals surface area contributed by atoms with Crippen LogP contribution in [-0.2, 0) is 16.1 Å². The van der Waals surface area contributed by atoms with Gasteiger partial charge in [0.05, 0.1) is 11.8 Å². The number of nitrogens with zero attached hydrogens (tertiary/aromatic N) is 4. The van der Waals surface area contributed by atoms with Crippen molar-refractivity contribution in [3.63, 3.8) is 0 Å². The molecule has 1 unspecified atom stereocenters. The van der Waals surface area contributed by atoms with E-state index in [9.17, 15) is 9.59 Å². The van der Waals surface area contributed by atoms with Crippen LogP contribution >= 0.6 is 0 Å². The predicted molar refractivity (Wildman–Crippen MR) is 128 cm³/mol. The van der Waals surface area contributed by atoms with E-state index in [4.69, 9.17) is 4.42 Å². The third kappa shape index (κ3) is 4.57. The second kappa shape index (κ2) is 9.91. The molecule has 0 saturated heterocycles. The van der Waals surface area contributed by atoms with E-state index >= 15 is 0 Å². The van der Waals surface area contributed by atoms with Crippen molar-refractivity contribution >= 4 is 28.5 Å². The number of furan rings is 1. The number of benzene rings is 2. The Morgan fingerprint density at radius 2 is 1.76 bits per heavy atom. The Bertz CT molecular complexity index is 1250. The van der Waals surface area contributed by atoms with E-state index in [-0.39, 0.29) is 24.4 Å². The number of amides is 2. The molecular formula is C26H27N5O3. The molecule has 2 aromatic carbocycles. The van der Waals surface area contributed by atoms with Crippen LogP contribution in [0.3, 0.4) is 0 Å². The van der Waals surface area contributed by atoms with Gasteiger partial charge < -0.3 is 9.73 Å². The molecule has 1 aliphatic rings. The van der Waals surface area contributed by atoms with Crippen LogP contribution in [0.4, 0.5) is 5.69 Å². The fraction of sp³-hybridized carbons (Fsp3) is 0.308. The summed E-state index contributed by atoms with van der Waals surface area (Å²) in [5, 5.41) is 11.5. The first-order valence-corrected chi connectivity index (χ1v) is 11.7. The summed E-state index contributed by atoms with van der Waals surface area (Å²) in [7, 11) is 0. The maximum Gasteiger partial charge on any atom is 0.251 e. The lowest BCUT2D eigenvalue weighted by atomic mass is 9.95. The molecule has 8 heteroatoms. The molecule has 1 atom stereocenters. The Morgan fingerprint density at radius 3 is 2.53 bits per heavy atom. The smallest absolute Gasteiger partial charge is 0.251 e. The van der Waals surface area contributed by atoms with E-state index in [0.29, 0.717) is 17.0 Å². The number of carbonyl (C=O) groups excluding carboxylic acids is 2. The van der Waals surface area contributed by atoms with Gasteiger partial charge >= 0.3 is 0 Å². The van der Waals surface area contributed by atoms with Gasteiger partial charge in [-0.25, -0.2) is 4.68 Å². The quantitative estimate of drug-likeness (QED) is 0.448. The summed E-state index contributed by atoms with van der Waals surface area (Å²) in [4.78, 5) is 29.0. The standard InChI is InChI=1S/C26H27N5O3/c32-24(18-30-22-15-8-7-14-21(22)28-29-30)31(20-12-5-2-6-13-20)25(23-16-9-17-34-23)26(33)27-19-10-3-1-4-11-19/h2,5-9,12-17,19,25H,1,3-4,10-11,18H2,(H,27,33). The van der Waals surface area contributed by atoms with Gasteiger partial charge in [-0.1, -0.05) is 54.8 Å². The molecule has 0 bridgehead atoms. The molecule has 0 radical (unpaired) electrons. The van der Waals surface area contributed by atoms with Crippen LogP contribution in [0.25, 0.3) is 11.0 Å². The molecule has 4 aromatic rings. The SMILES string of the molecule is O=C(NC1CCCCC1)C(c1ccco1)N(C(=O)Cn1nnc2ccccc21)c1ccccc1. The monoisotopic (exact) mass is 457 g/mol. The predicted octanol–water partition coefficient (Wildman–Crippen LogP) is 4.25. The van der Waals surface area contributed by atoms with E-state index in [0.717, 1.165) is 31.2 Å². The maximum absolute atomic E-state index is 13.8. The van der Waals surface area contributed by atoms with E-state index in [1.807, 2.05) is 54.6 Å². The molecule has 1 fully saturated rings. The molecule has 2 heterocycles. The van der Waals surface area contributed by atoms with E-state index in [1.54, 1.807) is 16.8 Å². The van der Waals surface area contributed by atoms with Crippen molar-refractivity contribution in [2.75, 3.05) is 4.90 Å². The number of nitrogens with one attached hydrogen (secondary N) is 1. The molecule has 1 N–H and O–H groups in total. The van der Waals surface area contributed by atoms with Gasteiger partial charge in [-0.15, -0.1) is 5.10 Å². The van der Waals surface area contributed by atoms with Crippen LogP contribution in [0.15, 0.2) is 77.4 Å². The summed E-state index contributed by atoms with van der Waals surface area (Å²) >= 11 is 0. The highest BCUT2D eigenvalue weighted by atomic mass is 16.3. The average molecular weight is 458 g/mol. The van der Waals surface area contributed by atoms with Gasteiger partial charge in [-0.2, -0.15) is 0 Å². The molecule has 0 aliphatic heterocycles. The third-order valence-corrected chi connectivity index (χ3v) is 6.28. The topological polar surface area (TPSA) is 93.3 Å². The van der Waals surface area contributed by atoms with Crippen LogP contribution in [0.2, 0.25) is 0 Å². The minimum atomic E-state index is -0.943. The number of hydrogen-bond acceptors (Lipinski definition) is 5. The second-order valence-electron chi connectivity index (χ2n) is 8.60.